The number of nitrogens with zero attached hydrogens (tertiary/aromatic N) is 3. The lowest BCUT2D eigenvalue weighted by Crippen LogP contribution is -2.21. The van der Waals surface area contributed by atoms with Crippen molar-refractivity contribution >= 4 is 11.8 Å². The quantitative estimate of drug-likeness (QED) is 0.776. The minimum atomic E-state index is -0.240. The molecule has 1 saturated heterocycles. The molecule has 0 aliphatic carbocycles. The Morgan fingerprint density at radius 3 is 2.48 bits per heavy atom. The van der Waals surface area contributed by atoms with Crippen LogP contribution in [-0.2, 0) is 14.9 Å². The van der Waals surface area contributed by atoms with Crippen LogP contribution in [0.4, 0.5) is 0 Å². The van der Waals surface area contributed by atoms with Gasteiger partial charge in [0.1, 0.15) is 0 Å². The minimum Gasteiger partial charge on any atom is -0.417 e. The van der Waals surface area contributed by atoms with Crippen molar-refractivity contribution in [2.45, 2.75) is 57.6 Å². The smallest absolute Gasteiger partial charge is 0.286 e. The van der Waals surface area contributed by atoms with E-state index in [9.17, 15) is 0 Å². The van der Waals surface area contributed by atoms with Crippen molar-refractivity contribution in [3.8, 4) is 11.7 Å². The molecule has 6 nitrogen and oxygen atoms in total. The maximum atomic E-state index is 5.90. The molecule has 7 heteroatoms. The van der Waals surface area contributed by atoms with Gasteiger partial charge in [-0.3, -0.25) is 0 Å². The Morgan fingerprint density at radius 1 is 1.12 bits per heavy atom. The Labute approximate surface area is 153 Å². The Morgan fingerprint density at radius 2 is 1.84 bits per heavy atom. The fourth-order valence-corrected chi connectivity index (χ4v) is 3.79. The van der Waals surface area contributed by atoms with E-state index in [4.69, 9.17) is 13.7 Å². The van der Waals surface area contributed by atoms with Gasteiger partial charge in [0.25, 0.3) is 5.89 Å². The Bertz CT molecular complexity index is 696. The molecule has 0 radical (unpaired) electrons. The second-order valence-corrected chi connectivity index (χ2v) is 9.76. The third-order valence-electron chi connectivity index (χ3n) is 4.45. The summed E-state index contributed by atoms with van der Waals surface area (Å²) in [5.41, 5.74) is 0.791. The molecule has 138 valence electrons. The van der Waals surface area contributed by atoms with Gasteiger partial charge in [0.05, 0.1) is 10.4 Å². The van der Waals surface area contributed by atoms with Crippen LogP contribution in [0.15, 0.2) is 15.0 Å². The van der Waals surface area contributed by atoms with E-state index in [0.29, 0.717) is 23.5 Å². The summed E-state index contributed by atoms with van der Waals surface area (Å²) >= 11 is 1.86. The third-order valence-corrected chi connectivity index (χ3v) is 5.98. The van der Waals surface area contributed by atoms with E-state index in [2.05, 4.69) is 50.0 Å². The van der Waals surface area contributed by atoms with Crippen molar-refractivity contribution in [3.05, 3.63) is 17.7 Å². The van der Waals surface area contributed by atoms with Gasteiger partial charge in [-0.05, 0) is 38.4 Å². The van der Waals surface area contributed by atoms with E-state index in [1.807, 2.05) is 17.8 Å². The van der Waals surface area contributed by atoms with Gasteiger partial charge in [-0.25, -0.2) is 0 Å². The van der Waals surface area contributed by atoms with Crippen LogP contribution in [0, 0.1) is 5.92 Å². The van der Waals surface area contributed by atoms with Crippen LogP contribution >= 0.6 is 11.8 Å². The fourth-order valence-electron chi connectivity index (χ4n) is 2.60. The maximum absolute atomic E-state index is 5.90. The lowest BCUT2D eigenvalue weighted by atomic mass is 9.92. The van der Waals surface area contributed by atoms with Gasteiger partial charge in [0.2, 0.25) is 11.7 Å². The molecular weight excluding hydrogens is 338 g/mol. The molecular formula is C18H27N3O3S. The lowest BCUT2D eigenvalue weighted by molar-refractivity contribution is 0.0727. The highest BCUT2D eigenvalue weighted by Gasteiger charge is 2.31. The number of thioether (sulfide) groups is 1. The molecule has 1 aliphatic heterocycles. The molecule has 1 fully saturated rings. The molecule has 25 heavy (non-hydrogen) atoms. The SMILES string of the molecule is CC(C)(C)c1cc(-c2nnc(C(C)(C)SCC3CCOCC3)o2)on1. The molecule has 2 aromatic heterocycles. The van der Waals surface area contributed by atoms with Crippen LogP contribution in [0.5, 0.6) is 0 Å². The number of hydrogen-bond acceptors (Lipinski definition) is 7. The first-order valence-electron chi connectivity index (χ1n) is 8.79. The number of aromatic nitrogens is 3. The highest BCUT2D eigenvalue weighted by Crippen LogP contribution is 2.38. The molecule has 0 unspecified atom stereocenters. The minimum absolute atomic E-state index is 0.0799. The van der Waals surface area contributed by atoms with E-state index in [-0.39, 0.29) is 10.2 Å². The molecule has 0 atom stereocenters. The van der Waals surface area contributed by atoms with Crippen LogP contribution in [-0.4, -0.2) is 34.3 Å². The van der Waals surface area contributed by atoms with Gasteiger partial charge >= 0.3 is 0 Å². The summed E-state index contributed by atoms with van der Waals surface area (Å²) in [6, 6.07) is 1.87. The standard InChI is InChI=1S/C18H27N3O3S/c1-17(2,3)14-10-13(24-21-14)15-19-20-16(23-15)18(4,5)25-11-12-6-8-22-9-7-12/h10,12H,6-9,11H2,1-5H3. The second kappa shape index (κ2) is 7.11. The van der Waals surface area contributed by atoms with E-state index < -0.39 is 0 Å². The average molecular weight is 365 g/mol. The summed E-state index contributed by atoms with van der Waals surface area (Å²) < 4.78 is 16.5. The normalized spacial score (nSPS) is 17.2. The number of hydrogen-bond donors (Lipinski definition) is 0. The first kappa shape index (κ1) is 18.5. The first-order valence-corrected chi connectivity index (χ1v) is 9.77. The summed E-state index contributed by atoms with van der Waals surface area (Å²) in [6.07, 6.45) is 2.26. The number of ether oxygens (including phenoxy) is 1. The van der Waals surface area contributed by atoms with Gasteiger partial charge in [0, 0.05) is 24.7 Å². The van der Waals surface area contributed by atoms with Gasteiger partial charge in [-0.2, -0.15) is 0 Å². The van der Waals surface area contributed by atoms with Crippen molar-refractivity contribution in [3.63, 3.8) is 0 Å². The van der Waals surface area contributed by atoms with Gasteiger partial charge in [-0.15, -0.1) is 22.0 Å². The molecule has 0 aromatic carbocycles. The molecule has 0 N–H and O–H groups in total. The Kier molecular flexibility index (Phi) is 5.25. The summed E-state index contributed by atoms with van der Waals surface area (Å²) in [7, 11) is 0. The summed E-state index contributed by atoms with van der Waals surface area (Å²) in [6.45, 7) is 12.2. The molecule has 3 rings (SSSR count). The molecule has 2 aromatic rings. The lowest BCUT2D eigenvalue weighted by Gasteiger charge is -2.26. The zero-order chi connectivity index (χ0) is 18.1. The summed E-state index contributed by atoms with van der Waals surface area (Å²) in [4.78, 5) is 0. The van der Waals surface area contributed by atoms with Crippen molar-refractivity contribution in [2.24, 2.45) is 5.92 Å². The monoisotopic (exact) mass is 365 g/mol. The predicted octanol–water partition coefficient (Wildman–Crippen LogP) is 4.42. The molecule has 0 bridgehead atoms. The van der Waals surface area contributed by atoms with Crippen molar-refractivity contribution in [1.29, 1.82) is 0 Å². The largest absolute Gasteiger partial charge is 0.417 e. The van der Waals surface area contributed by atoms with Crippen LogP contribution in [0.2, 0.25) is 0 Å². The summed E-state index contributed by atoms with van der Waals surface area (Å²) in [5, 5.41) is 12.5. The zero-order valence-electron chi connectivity index (χ0n) is 15.7. The highest BCUT2D eigenvalue weighted by atomic mass is 32.2. The van der Waals surface area contributed by atoms with Crippen LogP contribution in [0.3, 0.4) is 0 Å². The molecule has 0 saturated carbocycles. The molecule has 1 aliphatic rings. The second-order valence-electron chi connectivity index (χ2n) is 8.12. The zero-order valence-corrected chi connectivity index (χ0v) is 16.5. The fraction of sp³-hybridized carbons (Fsp3) is 0.722. The van der Waals surface area contributed by atoms with E-state index in [1.165, 1.54) is 0 Å². The highest BCUT2D eigenvalue weighted by molar-refractivity contribution is 8.00. The Hall–Kier alpha value is -1.34. The van der Waals surface area contributed by atoms with Crippen molar-refractivity contribution < 1.29 is 13.7 Å². The van der Waals surface area contributed by atoms with Gasteiger partial charge in [0.15, 0.2) is 0 Å². The molecule has 0 amide bonds. The van der Waals surface area contributed by atoms with Crippen LogP contribution in [0.25, 0.3) is 11.7 Å². The summed E-state index contributed by atoms with van der Waals surface area (Å²) in [5.74, 6) is 3.30. The number of rotatable bonds is 5. The third kappa shape index (κ3) is 4.44. The topological polar surface area (TPSA) is 74.2 Å². The first-order chi connectivity index (χ1) is 11.8. The van der Waals surface area contributed by atoms with Crippen LogP contribution < -0.4 is 0 Å². The van der Waals surface area contributed by atoms with E-state index >= 15 is 0 Å². The van der Waals surface area contributed by atoms with E-state index in [0.717, 1.165) is 37.5 Å². The van der Waals surface area contributed by atoms with Crippen molar-refractivity contribution in [1.82, 2.24) is 15.4 Å². The maximum Gasteiger partial charge on any atom is 0.286 e. The van der Waals surface area contributed by atoms with Gasteiger partial charge < -0.3 is 13.7 Å². The predicted molar refractivity (Wildman–Crippen MR) is 97.5 cm³/mol. The van der Waals surface area contributed by atoms with Crippen LogP contribution in [0.1, 0.15) is 59.0 Å². The Balaban J connectivity index is 1.68. The molecule has 0 spiro atoms. The average Bonchev–Trinajstić information content (AvgIpc) is 3.22. The van der Waals surface area contributed by atoms with Gasteiger partial charge in [-0.1, -0.05) is 25.9 Å². The van der Waals surface area contributed by atoms with Crippen molar-refractivity contribution in [2.75, 3.05) is 19.0 Å². The van der Waals surface area contributed by atoms with E-state index in [1.54, 1.807) is 0 Å². The molecule has 3 heterocycles.